The fraction of sp³-hybridized carbons (Fsp3) is 0.333. The predicted molar refractivity (Wildman–Crippen MR) is 79.1 cm³/mol. The summed E-state index contributed by atoms with van der Waals surface area (Å²) < 4.78 is 0. The van der Waals surface area contributed by atoms with Crippen LogP contribution in [0.2, 0.25) is 0 Å². The van der Waals surface area contributed by atoms with Crippen LogP contribution in [0.3, 0.4) is 0 Å². The Bertz CT molecular complexity index is 666. The Kier molecular flexibility index (Phi) is 3.94. The normalized spacial score (nSPS) is 10.7. The van der Waals surface area contributed by atoms with E-state index in [-0.39, 0.29) is 11.9 Å². The third kappa shape index (κ3) is 2.59. The van der Waals surface area contributed by atoms with Gasteiger partial charge in [0, 0.05) is 35.4 Å². The lowest BCUT2D eigenvalue weighted by molar-refractivity contribution is 0.0712. The van der Waals surface area contributed by atoms with Crippen LogP contribution < -0.4 is 5.73 Å². The average Bonchev–Trinajstić information content (AvgIpc) is 2.81. The van der Waals surface area contributed by atoms with Crippen molar-refractivity contribution in [1.82, 2.24) is 9.88 Å². The van der Waals surface area contributed by atoms with Crippen LogP contribution >= 0.6 is 0 Å². The van der Waals surface area contributed by atoms with Crippen molar-refractivity contribution < 1.29 is 4.79 Å². The van der Waals surface area contributed by atoms with Gasteiger partial charge >= 0.3 is 0 Å². The van der Waals surface area contributed by atoms with Crippen molar-refractivity contribution in [3.63, 3.8) is 0 Å². The zero-order chi connectivity index (χ0) is 14.7. The number of nitriles is 1. The van der Waals surface area contributed by atoms with Crippen LogP contribution in [0.15, 0.2) is 24.4 Å². The number of fused-ring (bicyclic) bond motifs is 1. The number of carbonyl (C=O) groups is 1. The van der Waals surface area contributed by atoms with Gasteiger partial charge in [-0.25, -0.2) is 0 Å². The second-order valence-corrected chi connectivity index (χ2v) is 5.01. The lowest BCUT2D eigenvalue weighted by Crippen LogP contribution is -2.37. The first-order valence-corrected chi connectivity index (χ1v) is 6.59. The number of benzene rings is 1. The molecule has 0 bridgehead atoms. The fourth-order valence-corrected chi connectivity index (χ4v) is 2.23. The van der Waals surface area contributed by atoms with Crippen LogP contribution in [-0.4, -0.2) is 28.4 Å². The predicted octanol–water partition coefficient (Wildman–Crippen LogP) is 2.51. The highest BCUT2D eigenvalue weighted by atomic mass is 16.2. The quantitative estimate of drug-likeness (QED) is 0.837. The van der Waals surface area contributed by atoms with Gasteiger partial charge in [0.1, 0.15) is 0 Å². The first-order valence-electron chi connectivity index (χ1n) is 6.59. The van der Waals surface area contributed by atoms with E-state index >= 15 is 0 Å². The molecule has 2 aromatic rings. The maximum Gasteiger partial charge on any atom is 0.256 e. The summed E-state index contributed by atoms with van der Waals surface area (Å²) in [6.45, 7) is 4.32. The molecular weight excluding hydrogens is 252 g/mol. The second kappa shape index (κ2) is 5.66. The Labute approximate surface area is 118 Å². The van der Waals surface area contributed by atoms with Gasteiger partial charge in [-0.15, -0.1) is 0 Å². The van der Waals surface area contributed by atoms with E-state index in [0.29, 0.717) is 24.2 Å². The molecule has 1 heterocycles. The number of hydrogen-bond acceptors (Lipinski definition) is 3. The van der Waals surface area contributed by atoms with Crippen LogP contribution in [0.5, 0.6) is 0 Å². The minimum Gasteiger partial charge on any atom is -0.399 e. The third-order valence-electron chi connectivity index (χ3n) is 3.28. The molecule has 5 nitrogen and oxygen atoms in total. The lowest BCUT2D eigenvalue weighted by Gasteiger charge is -2.25. The summed E-state index contributed by atoms with van der Waals surface area (Å²) >= 11 is 0. The van der Waals surface area contributed by atoms with E-state index in [1.54, 1.807) is 23.2 Å². The van der Waals surface area contributed by atoms with Gasteiger partial charge in [0.05, 0.1) is 18.1 Å². The maximum atomic E-state index is 12.6. The summed E-state index contributed by atoms with van der Waals surface area (Å²) in [6, 6.07) is 7.57. The third-order valence-corrected chi connectivity index (χ3v) is 3.28. The number of hydrogen-bond donors (Lipinski definition) is 2. The number of nitrogens with one attached hydrogen (secondary N) is 1. The Balaban J connectivity index is 2.39. The number of nitrogens with two attached hydrogens (primary N) is 1. The molecule has 0 unspecified atom stereocenters. The molecule has 0 fully saturated rings. The van der Waals surface area contributed by atoms with Gasteiger partial charge in [-0.1, -0.05) is 0 Å². The number of nitrogens with zero attached hydrogens (tertiary/aromatic N) is 2. The molecule has 0 saturated heterocycles. The van der Waals surface area contributed by atoms with E-state index in [4.69, 9.17) is 11.0 Å². The number of aromatic nitrogens is 1. The Morgan fingerprint density at radius 2 is 2.25 bits per heavy atom. The van der Waals surface area contributed by atoms with Gasteiger partial charge in [0.2, 0.25) is 0 Å². The largest absolute Gasteiger partial charge is 0.399 e. The molecule has 0 atom stereocenters. The molecule has 1 aromatic heterocycles. The molecule has 0 saturated carbocycles. The van der Waals surface area contributed by atoms with Crippen molar-refractivity contribution in [3.8, 4) is 6.07 Å². The fourth-order valence-electron chi connectivity index (χ4n) is 2.23. The number of anilines is 1. The van der Waals surface area contributed by atoms with Gasteiger partial charge in [0.25, 0.3) is 5.91 Å². The number of carbonyl (C=O) groups excluding carboxylic acids is 1. The maximum absolute atomic E-state index is 12.6. The van der Waals surface area contributed by atoms with E-state index in [1.165, 1.54) is 0 Å². The molecule has 1 aromatic carbocycles. The van der Waals surface area contributed by atoms with Crippen molar-refractivity contribution in [2.75, 3.05) is 12.3 Å². The Morgan fingerprint density at radius 1 is 1.50 bits per heavy atom. The molecular formula is C15H18N4O. The molecule has 0 spiro atoms. The summed E-state index contributed by atoms with van der Waals surface area (Å²) in [7, 11) is 0. The summed E-state index contributed by atoms with van der Waals surface area (Å²) in [5, 5.41) is 9.52. The number of rotatable bonds is 4. The molecule has 0 aliphatic carbocycles. The van der Waals surface area contributed by atoms with E-state index in [9.17, 15) is 4.79 Å². The van der Waals surface area contributed by atoms with Crippen molar-refractivity contribution >= 4 is 22.5 Å². The molecule has 2 rings (SSSR count). The van der Waals surface area contributed by atoms with E-state index in [1.807, 2.05) is 19.9 Å². The second-order valence-electron chi connectivity index (χ2n) is 5.01. The van der Waals surface area contributed by atoms with Crippen molar-refractivity contribution in [2.45, 2.75) is 26.3 Å². The zero-order valence-corrected chi connectivity index (χ0v) is 11.7. The van der Waals surface area contributed by atoms with Gasteiger partial charge < -0.3 is 15.6 Å². The van der Waals surface area contributed by atoms with Crippen LogP contribution in [0.1, 0.15) is 30.6 Å². The highest BCUT2D eigenvalue weighted by Crippen LogP contribution is 2.23. The molecule has 0 aliphatic rings. The Hall–Kier alpha value is -2.48. The number of nitrogen functional groups attached to an aromatic ring is 1. The molecule has 20 heavy (non-hydrogen) atoms. The van der Waals surface area contributed by atoms with E-state index in [2.05, 4.69) is 11.1 Å². The number of aromatic amines is 1. The number of H-pyrrole nitrogens is 1. The van der Waals surface area contributed by atoms with Crippen molar-refractivity contribution in [2.24, 2.45) is 0 Å². The number of amides is 1. The summed E-state index contributed by atoms with van der Waals surface area (Å²) in [4.78, 5) is 17.4. The average molecular weight is 270 g/mol. The van der Waals surface area contributed by atoms with Gasteiger partial charge in [-0.2, -0.15) is 5.26 Å². The molecule has 104 valence electrons. The minimum atomic E-state index is -0.0768. The van der Waals surface area contributed by atoms with Gasteiger partial charge in [-0.05, 0) is 32.0 Å². The first kappa shape index (κ1) is 13.9. The van der Waals surface area contributed by atoms with Gasteiger partial charge in [-0.3, -0.25) is 4.79 Å². The lowest BCUT2D eigenvalue weighted by atomic mass is 10.1. The molecule has 0 aliphatic heterocycles. The zero-order valence-electron chi connectivity index (χ0n) is 11.7. The van der Waals surface area contributed by atoms with Crippen LogP contribution in [0.4, 0.5) is 5.69 Å². The summed E-state index contributed by atoms with van der Waals surface area (Å²) in [5.74, 6) is -0.0768. The molecule has 0 radical (unpaired) electrons. The van der Waals surface area contributed by atoms with Crippen molar-refractivity contribution in [3.05, 3.63) is 30.0 Å². The van der Waals surface area contributed by atoms with Crippen LogP contribution in [0, 0.1) is 11.3 Å². The Morgan fingerprint density at radius 3 is 2.90 bits per heavy atom. The summed E-state index contributed by atoms with van der Waals surface area (Å²) in [6.07, 6.45) is 2.03. The van der Waals surface area contributed by atoms with E-state index < -0.39 is 0 Å². The smallest absolute Gasteiger partial charge is 0.256 e. The highest BCUT2D eigenvalue weighted by molar-refractivity contribution is 6.07. The summed E-state index contributed by atoms with van der Waals surface area (Å²) in [5.41, 5.74) is 7.89. The standard InChI is InChI=1S/C15H18N4O/c1-10(2)19(7-3-6-16)15(20)13-9-18-14-5-4-11(17)8-12(13)14/h4-5,8-10,18H,3,7,17H2,1-2H3. The highest BCUT2D eigenvalue weighted by Gasteiger charge is 2.21. The first-order chi connectivity index (χ1) is 9.54. The SMILES string of the molecule is CC(C)N(CCC#N)C(=O)c1c[nH]c2ccc(N)cc12. The van der Waals surface area contributed by atoms with E-state index in [0.717, 1.165) is 10.9 Å². The molecule has 1 amide bonds. The van der Waals surface area contributed by atoms with Crippen molar-refractivity contribution in [1.29, 1.82) is 5.26 Å². The minimum absolute atomic E-state index is 0.0434. The monoisotopic (exact) mass is 270 g/mol. The van der Waals surface area contributed by atoms with Crippen LogP contribution in [0.25, 0.3) is 10.9 Å². The topological polar surface area (TPSA) is 85.9 Å². The molecule has 5 heteroatoms. The molecule has 3 N–H and O–H groups in total. The van der Waals surface area contributed by atoms with Gasteiger partial charge in [0.15, 0.2) is 0 Å². The van der Waals surface area contributed by atoms with Crippen LogP contribution in [-0.2, 0) is 0 Å².